The molecule has 1 aromatic heterocycles. The molecule has 5 nitrogen and oxygen atoms in total. The highest BCUT2D eigenvalue weighted by atomic mass is 32.2. The van der Waals surface area contributed by atoms with Crippen LogP contribution < -0.4 is 4.72 Å². The zero-order chi connectivity index (χ0) is 13.0. The molecule has 1 heterocycles. The average Bonchev–Trinajstić information content (AvgIpc) is 2.40. The molecule has 18 heavy (non-hydrogen) atoms. The van der Waals surface area contributed by atoms with Crippen LogP contribution in [0.3, 0.4) is 0 Å². The number of pyridine rings is 1. The first kappa shape index (κ1) is 12.5. The van der Waals surface area contributed by atoms with E-state index in [1.165, 1.54) is 18.5 Å². The minimum atomic E-state index is -3.61. The van der Waals surface area contributed by atoms with Gasteiger partial charge < -0.3 is 5.11 Å². The monoisotopic (exact) mass is 264 g/mol. The molecular weight excluding hydrogens is 252 g/mol. The van der Waals surface area contributed by atoms with Gasteiger partial charge in [-0.1, -0.05) is 12.1 Å². The highest BCUT2D eigenvalue weighted by Crippen LogP contribution is 2.15. The Morgan fingerprint density at radius 1 is 1.17 bits per heavy atom. The van der Waals surface area contributed by atoms with Gasteiger partial charge in [-0.15, -0.1) is 0 Å². The van der Waals surface area contributed by atoms with Crippen LogP contribution in [0.4, 0.5) is 5.69 Å². The van der Waals surface area contributed by atoms with Crippen LogP contribution in [0.25, 0.3) is 0 Å². The maximum Gasteiger partial charge on any atom is 0.263 e. The summed E-state index contributed by atoms with van der Waals surface area (Å²) in [4.78, 5) is 3.88. The Morgan fingerprint density at radius 3 is 2.44 bits per heavy atom. The molecule has 0 aliphatic heterocycles. The van der Waals surface area contributed by atoms with Crippen molar-refractivity contribution in [3.63, 3.8) is 0 Å². The predicted molar refractivity (Wildman–Crippen MR) is 67.4 cm³/mol. The van der Waals surface area contributed by atoms with Gasteiger partial charge in [0.05, 0.1) is 6.61 Å². The maximum atomic E-state index is 12.0. The third-order valence-electron chi connectivity index (χ3n) is 2.33. The lowest BCUT2D eigenvalue weighted by atomic mass is 10.2. The largest absolute Gasteiger partial charge is 0.392 e. The molecule has 0 amide bonds. The van der Waals surface area contributed by atoms with E-state index in [9.17, 15) is 8.42 Å². The number of hydrogen-bond donors (Lipinski definition) is 2. The fourth-order valence-corrected chi connectivity index (χ4v) is 2.42. The molecule has 0 fully saturated rings. The summed E-state index contributed by atoms with van der Waals surface area (Å²) >= 11 is 0. The van der Waals surface area contributed by atoms with E-state index in [2.05, 4.69) is 9.71 Å². The summed E-state index contributed by atoms with van der Waals surface area (Å²) in [5.74, 6) is 0. The van der Waals surface area contributed by atoms with Crippen molar-refractivity contribution in [3.05, 3.63) is 54.4 Å². The quantitative estimate of drug-likeness (QED) is 0.874. The molecular formula is C12H12N2O3S. The smallest absolute Gasteiger partial charge is 0.263 e. The van der Waals surface area contributed by atoms with E-state index in [4.69, 9.17) is 5.11 Å². The molecule has 2 rings (SSSR count). The summed E-state index contributed by atoms with van der Waals surface area (Å²) in [6.45, 7) is -0.0738. The van der Waals surface area contributed by atoms with Crippen LogP contribution >= 0.6 is 0 Å². The lowest BCUT2D eigenvalue weighted by molar-refractivity contribution is 0.282. The summed E-state index contributed by atoms with van der Waals surface area (Å²) in [5.41, 5.74) is 1.16. The molecule has 0 radical (unpaired) electrons. The Hall–Kier alpha value is -1.92. The van der Waals surface area contributed by atoms with Gasteiger partial charge in [-0.05, 0) is 29.8 Å². The van der Waals surface area contributed by atoms with Gasteiger partial charge in [-0.2, -0.15) is 0 Å². The van der Waals surface area contributed by atoms with Gasteiger partial charge in [0.2, 0.25) is 0 Å². The number of hydrogen-bond acceptors (Lipinski definition) is 4. The Labute approximate surface area is 105 Å². The second-order valence-corrected chi connectivity index (χ2v) is 5.33. The van der Waals surface area contributed by atoms with E-state index in [0.717, 1.165) is 5.56 Å². The number of aliphatic hydroxyl groups excluding tert-OH is 1. The molecule has 0 bridgehead atoms. The van der Waals surface area contributed by atoms with Crippen molar-refractivity contribution < 1.29 is 13.5 Å². The minimum absolute atomic E-state index is 0.0738. The number of benzene rings is 1. The second-order valence-electron chi connectivity index (χ2n) is 3.65. The van der Waals surface area contributed by atoms with E-state index in [-0.39, 0.29) is 11.5 Å². The summed E-state index contributed by atoms with van der Waals surface area (Å²) in [6, 6.07) is 9.53. The number of rotatable bonds is 4. The fraction of sp³-hybridized carbons (Fsp3) is 0.0833. The third kappa shape index (κ3) is 2.85. The Balaban J connectivity index is 2.22. The molecule has 0 saturated heterocycles. The highest BCUT2D eigenvalue weighted by Gasteiger charge is 2.13. The van der Waals surface area contributed by atoms with E-state index in [1.807, 2.05) is 0 Å². The van der Waals surface area contributed by atoms with Gasteiger partial charge in [-0.25, -0.2) is 8.42 Å². The lowest BCUT2D eigenvalue weighted by Crippen LogP contribution is -2.13. The highest BCUT2D eigenvalue weighted by molar-refractivity contribution is 7.92. The summed E-state index contributed by atoms with van der Waals surface area (Å²) in [7, 11) is -3.61. The SMILES string of the molecule is O=S(=O)(Nc1ccc(CO)cc1)c1cccnc1. The van der Waals surface area contributed by atoms with Crippen LogP contribution in [0.2, 0.25) is 0 Å². The molecule has 0 aliphatic rings. The van der Waals surface area contributed by atoms with E-state index >= 15 is 0 Å². The molecule has 6 heteroatoms. The lowest BCUT2D eigenvalue weighted by Gasteiger charge is -2.07. The van der Waals surface area contributed by atoms with Crippen LogP contribution in [0.1, 0.15) is 5.56 Å². The number of aliphatic hydroxyl groups is 1. The fourth-order valence-electron chi connectivity index (χ4n) is 1.40. The molecule has 1 aromatic carbocycles. The van der Waals surface area contributed by atoms with Crippen molar-refractivity contribution in [1.29, 1.82) is 0 Å². The van der Waals surface area contributed by atoms with E-state index in [1.54, 1.807) is 30.3 Å². The van der Waals surface area contributed by atoms with Crippen molar-refractivity contribution >= 4 is 15.7 Å². The predicted octanol–water partition coefficient (Wildman–Crippen LogP) is 1.37. The first-order chi connectivity index (χ1) is 8.62. The minimum Gasteiger partial charge on any atom is -0.392 e. The molecule has 2 aromatic rings. The van der Waals surface area contributed by atoms with Crippen molar-refractivity contribution in [2.24, 2.45) is 0 Å². The van der Waals surface area contributed by atoms with Gasteiger partial charge >= 0.3 is 0 Å². The molecule has 0 saturated carbocycles. The summed E-state index contributed by atoms with van der Waals surface area (Å²) < 4.78 is 26.3. The van der Waals surface area contributed by atoms with Gasteiger partial charge in [-0.3, -0.25) is 9.71 Å². The van der Waals surface area contributed by atoms with Gasteiger partial charge in [0.25, 0.3) is 10.0 Å². The zero-order valence-electron chi connectivity index (χ0n) is 9.45. The number of aromatic nitrogens is 1. The summed E-state index contributed by atoms with van der Waals surface area (Å²) in [6.07, 6.45) is 2.79. The van der Waals surface area contributed by atoms with Crippen molar-refractivity contribution in [1.82, 2.24) is 4.98 Å². The third-order valence-corrected chi connectivity index (χ3v) is 3.70. The maximum absolute atomic E-state index is 12.0. The van der Waals surface area contributed by atoms with Gasteiger partial charge in [0.1, 0.15) is 4.90 Å². The molecule has 94 valence electrons. The van der Waals surface area contributed by atoms with Gasteiger partial charge in [0, 0.05) is 18.1 Å². The zero-order valence-corrected chi connectivity index (χ0v) is 10.3. The first-order valence-electron chi connectivity index (χ1n) is 5.24. The van der Waals surface area contributed by atoms with Crippen LogP contribution in [0, 0.1) is 0 Å². The van der Waals surface area contributed by atoms with Crippen LogP contribution in [-0.4, -0.2) is 18.5 Å². The molecule has 2 N–H and O–H groups in total. The number of sulfonamides is 1. The summed E-state index contributed by atoms with van der Waals surface area (Å²) in [5, 5.41) is 8.89. The standard InChI is InChI=1S/C12H12N2O3S/c15-9-10-3-5-11(6-4-10)14-18(16,17)12-2-1-7-13-8-12/h1-8,14-15H,9H2. The molecule has 0 spiro atoms. The van der Waals surface area contributed by atoms with Crippen LogP contribution in [0.15, 0.2) is 53.7 Å². The Morgan fingerprint density at radius 2 is 1.89 bits per heavy atom. The van der Waals surface area contributed by atoms with Crippen molar-refractivity contribution in [2.75, 3.05) is 4.72 Å². The first-order valence-corrected chi connectivity index (χ1v) is 6.73. The topological polar surface area (TPSA) is 79.3 Å². The van der Waals surface area contributed by atoms with Crippen molar-refractivity contribution in [2.45, 2.75) is 11.5 Å². The Bertz CT molecular complexity index is 610. The van der Waals surface area contributed by atoms with E-state index < -0.39 is 10.0 Å². The average molecular weight is 264 g/mol. The molecule has 0 atom stereocenters. The van der Waals surface area contributed by atoms with Crippen molar-refractivity contribution in [3.8, 4) is 0 Å². The van der Waals surface area contributed by atoms with Gasteiger partial charge in [0.15, 0.2) is 0 Å². The Kier molecular flexibility index (Phi) is 3.59. The van der Waals surface area contributed by atoms with E-state index in [0.29, 0.717) is 5.69 Å². The number of anilines is 1. The molecule has 0 aliphatic carbocycles. The number of nitrogens with one attached hydrogen (secondary N) is 1. The second kappa shape index (κ2) is 5.16. The molecule has 0 unspecified atom stereocenters. The normalized spacial score (nSPS) is 11.2. The van der Waals surface area contributed by atoms with Crippen LogP contribution in [-0.2, 0) is 16.6 Å². The number of nitrogens with zero attached hydrogens (tertiary/aromatic N) is 1. The van der Waals surface area contributed by atoms with Crippen LogP contribution in [0.5, 0.6) is 0 Å².